The predicted octanol–water partition coefficient (Wildman–Crippen LogP) is 4.81. The van der Waals surface area contributed by atoms with Crippen molar-refractivity contribution in [3.8, 4) is 6.07 Å². The smallest absolute Gasteiger partial charge is 0.410 e. The SMILES string of the molecule is CC[C@H]1CN(C(=O)OC(C)(C)C)CCN1c1cc(C#N)cc(Br)c1Cl. The summed E-state index contributed by atoms with van der Waals surface area (Å²) in [7, 11) is 0. The van der Waals surface area contributed by atoms with Crippen LogP contribution in [0.3, 0.4) is 0 Å². The molecule has 1 aromatic carbocycles. The molecule has 0 spiro atoms. The molecule has 1 saturated heterocycles. The highest BCUT2D eigenvalue weighted by Gasteiger charge is 2.32. The third-order valence-corrected chi connectivity index (χ3v) is 5.30. The van der Waals surface area contributed by atoms with Crippen molar-refractivity contribution < 1.29 is 9.53 Å². The van der Waals surface area contributed by atoms with Crippen molar-refractivity contribution in [2.75, 3.05) is 24.5 Å². The van der Waals surface area contributed by atoms with E-state index in [-0.39, 0.29) is 12.1 Å². The molecule has 136 valence electrons. The molecule has 1 aliphatic heterocycles. The molecule has 1 aliphatic rings. The second-order valence-electron chi connectivity index (χ2n) is 7.08. The summed E-state index contributed by atoms with van der Waals surface area (Å²) < 4.78 is 6.18. The largest absolute Gasteiger partial charge is 0.444 e. The molecule has 7 heteroatoms. The van der Waals surface area contributed by atoms with Crippen LogP contribution in [0.4, 0.5) is 10.5 Å². The van der Waals surface area contributed by atoms with Gasteiger partial charge in [0, 0.05) is 30.1 Å². The van der Waals surface area contributed by atoms with E-state index >= 15 is 0 Å². The van der Waals surface area contributed by atoms with Gasteiger partial charge in [0.1, 0.15) is 5.60 Å². The zero-order valence-electron chi connectivity index (χ0n) is 15.0. The average molecular weight is 429 g/mol. The lowest BCUT2D eigenvalue weighted by Gasteiger charge is -2.43. The molecule has 2 rings (SSSR count). The highest BCUT2D eigenvalue weighted by molar-refractivity contribution is 9.10. The van der Waals surface area contributed by atoms with Crippen LogP contribution in [0, 0.1) is 11.3 Å². The Bertz CT molecular complexity index is 697. The molecular weight excluding hydrogens is 406 g/mol. The first-order valence-electron chi connectivity index (χ1n) is 8.30. The number of carbonyl (C=O) groups excluding carboxylic acids is 1. The van der Waals surface area contributed by atoms with Crippen LogP contribution >= 0.6 is 27.5 Å². The van der Waals surface area contributed by atoms with Gasteiger partial charge in [0.25, 0.3) is 0 Å². The van der Waals surface area contributed by atoms with Gasteiger partial charge in [-0.15, -0.1) is 0 Å². The van der Waals surface area contributed by atoms with Crippen molar-refractivity contribution >= 4 is 39.3 Å². The number of benzene rings is 1. The molecule has 1 aromatic rings. The van der Waals surface area contributed by atoms with E-state index in [1.807, 2.05) is 20.8 Å². The Labute approximate surface area is 162 Å². The predicted molar refractivity (Wildman–Crippen MR) is 103 cm³/mol. The summed E-state index contributed by atoms with van der Waals surface area (Å²) in [6, 6.07) is 5.79. The van der Waals surface area contributed by atoms with Gasteiger partial charge in [-0.3, -0.25) is 0 Å². The van der Waals surface area contributed by atoms with Crippen molar-refractivity contribution in [2.24, 2.45) is 0 Å². The summed E-state index contributed by atoms with van der Waals surface area (Å²) in [5, 5.41) is 9.81. The Morgan fingerprint density at radius 3 is 2.68 bits per heavy atom. The number of anilines is 1. The number of rotatable bonds is 2. The topological polar surface area (TPSA) is 56.6 Å². The standard InChI is InChI=1S/C18H23BrClN3O2/c1-5-13-11-22(17(24)25-18(2,3)4)6-7-23(13)15-9-12(10-21)8-14(19)16(15)20/h8-9,13H,5-7,11H2,1-4H3/t13-/m0/s1. The molecular formula is C18H23BrClN3O2. The number of nitriles is 1. The molecule has 0 N–H and O–H groups in total. The minimum absolute atomic E-state index is 0.111. The normalized spacial score (nSPS) is 18.0. The lowest BCUT2D eigenvalue weighted by Crippen LogP contribution is -2.55. The molecule has 25 heavy (non-hydrogen) atoms. The molecule has 1 amide bonds. The monoisotopic (exact) mass is 427 g/mol. The second kappa shape index (κ2) is 7.84. The Balaban J connectivity index is 2.22. The van der Waals surface area contributed by atoms with Gasteiger partial charge in [-0.05, 0) is 55.3 Å². The molecule has 1 heterocycles. The van der Waals surface area contributed by atoms with Crippen molar-refractivity contribution in [1.29, 1.82) is 5.26 Å². The Kier molecular flexibility index (Phi) is 6.23. The minimum atomic E-state index is -0.509. The first-order chi connectivity index (χ1) is 11.7. The van der Waals surface area contributed by atoms with E-state index in [0.29, 0.717) is 34.7 Å². The number of halogens is 2. The van der Waals surface area contributed by atoms with Gasteiger partial charge >= 0.3 is 6.09 Å². The maximum absolute atomic E-state index is 12.3. The van der Waals surface area contributed by atoms with Crippen molar-refractivity contribution in [3.63, 3.8) is 0 Å². The van der Waals surface area contributed by atoms with Gasteiger partial charge in [0.05, 0.1) is 22.3 Å². The fraction of sp³-hybridized carbons (Fsp3) is 0.556. The maximum atomic E-state index is 12.3. The number of carbonyl (C=O) groups is 1. The summed E-state index contributed by atoms with van der Waals surface area (Å²) in [5.74, 6) is 0. The van der Waals surface area contributed by atoms with Crippen LogP contribution in [0.25, 0.3) is 0 Å². The zero-order chi connectivity index (χ0) is 18.8. The number of ether oxygens (including phenoxy) is 1. The summed E-state index contributed by atoms with van der Waals surface area (Å²) >= 11 is 9.88. The number of hydrogen-bond donors (Lipinski definition) is 0. The van der Waals surface area contributed by atoms with Crippen LogP contribution in [0.5, 0.6) is 0 Å². The van der Waals surface area contributed by atoms with E-state index in [4.69, 9.17) is 16.3 Å². The quantitative estimate of drug-likeness (QED) is 0.678. The summed E-state index contributed by atoms with van der Waals surface area (Å²) in [6.45, 7) is 9.42. The van der Waals surface area contributed by atoms with Crippen molar-refractivity contribution in [2.45, 2.75) is 45.8 Å². The van der Waals surface area contributed by atoms with E-state index in [1.54, 1.807) is 17.0 Å². The van der Waals surface area contributed by atoms with Gasteiger partial charge in [-0.2, -0.15) is 5.26 Å². The number of nitrogens with zero attached hydrogens (tertiary/aromatic N) is 3. The highest BCUT2D eigenvalue weighted by Crippen LogP contribution is 2.36. The van der Waals surface area contributed by atoms with Gasteiger partial charge in [0.2, 0.25) is 0 Å². The first kappa shape index (κ1) is 19.9. The number of piperazine rings is 1. The minimum Gasteiger partial charge on any atom is -0.444 e. The molecule has 0 bridgehead atoms. The van der Waals surface area contributed by atoms with E-state index < -0.39 is 5.60 Å². The third kappa shape index (κ3) is 4.80. The van der Waals surface area contributed by atoms with Crippen molar-refractivity contribution in [3.05, 3.63) is 27.2 Å². The van der Waals surface area contributed by atoms with Crippen LogP contribution in [0.1, 0.15) is 39.7 Å². The number of amides is 1. The lowest BCUT2D eigenvalue weighted by atomic mass is 10.1. The fourth-order valence-electron chi connectivity index (χ4n) is 2.86. The van der Waals surface area contributed by atoms with Gasteiger partial charge < -0.3 is 14.5 Å². The lowest BCUT2D eigenvalue weighted by molar-refractivity contribution is 0.0213. The molecule has 0 aliphatic carbocycles. The molecule has 5 nitrogen and oxygen atoms in total. The molecule has 1 fully saturated rings. The fourth-order valence-corrected chi connectivity index (χ4v) is 3.53. The summed E-state index contributed by atoms with van der Waals surface area (Å²) in [5.41, 5.74) is 0.865. The third-order valence-electron chi connectivity index (χ3n) is 4.05. The van der Waals surface area contributed by atoms with Gasteiger partial charge in [0.15, 0.2) is 0 Å². The summed E-state index contributed by atoms with van der Waals surface area (Å²) in [4.78, 5) is 16.3. The Morgan fingerprint density at radius 1 is 1.44 bits per heavy atom. The molecule has 0 unspecified atom stereocenters. The second-order valence-corrected chi connectivity index (χ2v) is 8.32. The van der Waals surface area contributed by atoms with Gasteiger partial charge in [-0.25, -0.2) is 4.79 Å². The Hall–Kier alpha value is -1.45. The molecule has 1 atom stereocenters. The van der Waals surface area contributed by atoms with E-state index in [2.05, 4.69) is 33.8 Å². The van der Waals surface area contributed by atoms with Crippen LogP contribution in [0.15, 0.2) is 16.6 Å². The van der Waals surface area contributed by atoms with Crippen molar-refractivity contribution in [1.82, 2.24) is 4.90 Å². The molecule has 0 radical (unpaired) electrons. The summed E-state index contributed by atoms with van der Waals surface area (Å²) in [6.07, 6.45) is 0.563. The molecule has 0 saturated carbocycles. The Morgan fingerprint density at radius 2 is 2.12 bits per heavy atom. The van der Waals surface area contributed by atoms with E-state index in [1.165, 1.54) is 0 Å². The zero-order valence-corrected chi connectivity index (χ0v) is 17.3. The van der Waals surface area contributed by atoms with E-state index in [0.717, 1.165) is 12.1 Å². The van der Waals surface area contributed by atoms with Crippen LogP contribution in [0.2, 0.25) is 5.02 Å². The van der Waals surface area contributed by atoms with Crippen LogP contribution < -0.4 is 4.90 Å². The first-order valence-corrected chi connectivity index (χ1v) is 9.47. The number of hydrogen-bond acceptors (Lipinski definition) is 4. The van der Waals surface area contributed by atoms with E-state index in [9.17, 15) is 10.1 Å². The van der Waals surface area contributed by atoms with Gasteiger partial charge in [-0.1, -0.05) is 18.5 Å². The average Bonchev–Trinajstić information content (AvgIpc) is 2.55. The highest BCUT2D eigenvalue weighted by atomic mass is 79.9. The van der Waals surface area contributed by atoms with Crippen LogP contribution in [-0.2, 0) is 4.74 Å². The molecule has 0 aromatic heterocycles. The maximum Gasteiger partial charge on any atom is 0.410 e. The van der Waals surface area contributed by atoms with Crippen LogP contribution in [-0.4, -0.2) is 42.3 Å².